The molecular formula is C15H19N5O3S. The third kappa shape index (κ3) is 2.48. The van der Waals surface area contributed by atoms with Gasteiger partial charge in [0.05, 0.1) is 17.5 Å². The summed E-state index contributed by atoms with van der Waals surface area (Å²) in [4.78, 5) is 16.9. The van der Waals surface area contributed by atoms with Gasteiger partial charge < -0.3 is 4.90 Å². The topological polar surface area (TPSA) is 99.3 Å². The highest BCUT2D eigenvalue weighted by molar-refractivity contribution is 7.91. The Morgan fingerprint density at radius 1 is 1.21 bits per heavy atom. The molecule has 128 valence electrons. The first-order valence-electron chi connectivity index (χ1n) is 8.04. The van der Waals surface area contributed by atoms with Gasteiger partial charge in [-0.05, 0) is 24.7 Å². The Morgan fingerprint density at radius 3 is 2.75 bits per heavy atom. The van der Waals surface area contributed by atoms with Gasteiger partial charge in [0.15, 0.2) is 9.84 Å². The standard InChI is InChI=1S/C15H19N5O3S/c1-2-19-5-6-20(14-9-24(22,23)8-13(14)19)15(21)10-3-4-11-12(7-10)17-18-16-11/h3-4,7,13-14H,2,5-6,8-9H2,1H3,(H,16,17,18)/t13-,14+/m1/s1. The number of aromatic nitrogens is 3. The third-order valence-corrected chi connectivity index (χ3v) is 6.72. The van der Waals surface area contributed by atoms with Gasteiger partial charge in [0.25, 0.3) is 5.91 Å². The van der Waals surface area contributed by atoms with Gasteiger partial charge in [-0.15, -0.1) is 0 Å². The number of aromatic amines is 1. The predicted molar refractivity (Wildman–Crippen MR) is 88.4 cm³/mol. The van der Waals surface area contributed by atoms with E-state index in [9.17, 15) is 13.2 Å². The number of nitrogens with zero attached hydrogens (tertiary/aromatic N) is 4. The monoisotopic (exact) mass is 349 g/mol. The highest BCUT2D eigenvalue weighted by atomic mass is 32.2. The van der Waals surface area contributed by atoms with Crippen LogP contribution in [0.1, 0.15) is 17.3 Å². The van der Waals surface area contributed by atoms with E-state index in [-0.39, 0.29) is 29.5 Å². The summed E-state index contributed by atoms with van der Waals surface area (Å²) in [6, 6.07) is 4.79. The number of likely N-dealkylation sites (N-methyl/N-ethyl adjacent to an activating group) is 1. The van der Waals surface area contributed by atoms with Crippen molar-refractivity contribution in [2.75, 3.05) is 31.1 Å². The fourth-order valence-corrected chi connectivity index (χ4v) is 5.82. The Morgan fingerprint density at radius 2 is 1.96 bits per heavy atom. The molecule has 0 bridgehead atoms. The Kier molecular flexibility index (Phi) is 3.57. The summed E-state index contributed by atoms with van der Waals surface area (Å²) in [7, 11) is -3.11. The Labute approximate surface area is 139 Å². The molecule has 2 aromatic rings. The van der Waals surface area contributed by atoms with Crippen molar-refractivity contribution in [2.24, 2.45) is 0 Å². The summed E-state index contributed by atoms with van der Waals surface area (Å²) >= 11 is 0. The third-order valence-electron chi connectivity index (χ3n) is 5.02. The van der Waals surface area contributed by atoms with Gasteiger partial charge in [-0.3, -0.25) is 9.69 Å². The van der Waals surface area contributed by atoms with Crippen molar-refractivity contribution in [3.63, 3.8) is 0 Å². The summed E-state index contributed by atoms with van der Waals surface area (Å²) in [6.07, 6.45) is 0. The zero-order chi connectivity index (χ0) is 16.9. The van der Waals surface area contributed by atoms with Crippen LogP contribution >= 0.6 is 0 Å². The van der Waals surface area contributed by atoms with E-state index in [0.717, 1.165) is 6.54 Å². The van der Waals surface area contributed by atoms with Crippen molar-refractivity contribution in [2.45, 2.75) is 19.0 Å². The summed E-state index contributed by atoms with van der Waals surface area (Å²) < 4.78 is 24.2. The fourth-order valence-electron chi connectivity index (χ4n) is 3.81. The maximum atomic E-state index is 13.0. The van der Waals surface area contributed by atoms with Crippen molar-refractivity contribution < 1.29 is 13.2 Å². The lowest BCUT2D eigenvalue weighted by Crippen LogP contribution is -2.60. The number of H-pyrrole nitrogens is 1. The number of amides is 1. The smallest absolute Gasteiger partial charge is 0.254 e. The number of carbonyl (C=O) groups excluding carboxylic acids is 1. The lowest BCUT2D eigenvalue weighted by Gasteiger charge is -2.43. The highest BCUT2D eigenvalue weighted by Crippen LogP contribution is 2.28. The van der Waals surface area contributed by atoms with Gasteiger partial charge in [-0.1, -0.05) is 6.92 Å². The second-order valence-corrected chi connectivity index (χ2v) is 8.52. The minimum absolute atomic E-state index is 0.0477. The van der Waals surface area contributed by atoms with Crippen LogP contribution in [0, 0.1) is 0 Å². The quantitative estimate of drug-likeness (QED) is 0.813. The minimum Gasteiger partial charge on any atom is -0.332 e. The number of fused-ring (bicyclic) bond motifs is 2. The number of hydrogen-bond donors (Lipinski definition) is 1. The van der Waals surface area contributed by atoms with E-state index in [1.807, 2.05) is 6.92 Å². The van der Waals surface area contributed by atoms with Crippen LogP contribution in [0.3, 0.4) is 0 Å². The first kappa shape index (κ1) is 15.5. The lowest BCUT2D eigenvalue weighted by atomic mass is 10.0. The second-order valence-electron chi connectivity index (χ2n) is 6.37. The van der Waals surface area contributed by atoms with Crippen LogP contribution in [0.25, 0.3) is 11.0 Å². The van der Waals surface area contributed by atoms with Crippen molar-refractivity contribution in [3.05, 3.63) is 23.8 Å². The van der Waals surface area contributed by atoms with Crippen LogP contribution in [0.5, 0.6) is 0 Å². The molecule has 1 N–H and O–H groups in total. The van der Waals surface area contributed by atoms with Crippen molar-refractivity contribution in [1.82, 2.24) is 25.2 Å². The van der Waals surface area contributed by atoms with E-state index in [4.69, 9.17) is 0 Å². The largest absolute Gasteiger partial charge is 0.332 e. The zero-order valence-corrected chi connectivity index (χ0v) is 14.2. The number of carbonyl (C=O) groups is 1. The van der Waals surface area contributed by atoms with Crippen LogP contribution in [0.2, 0.25) is 0 Å². The average Bonchev–Trinajstić information content (AvgIpc) is 3.14. The maximum absolute atomic E-state index is 13.0. The molecule has 0 aliphatic carbocycles. The van der Waals surface area contributed by atoms with Crippen molar-refractivity contribution >= 4 is 26.8 Å². The number of sulfone groups is 1. The molecule has 0 saturated carbocycles. The van der Waals surface area contributed by atoms with Gasteiger partial charge in [-0.2, -0.15) is 15.4 Å². The molecule has 2 fully saturated rings. The molecule has 0 unspecified atom stereocenters. The van der Waals surface area contributed by atoms with Gasteiger partial charge in [-0.25, -0.2) is 8.42 Å². The van der Waals surface area contributed by atoms with E-state index in [1.165, 1.54) is 0 Å². The van der Waals surface area contributed by atoms with Gasteiger partial charge in [0, 0.05) is 24.7 Å². The molecule has 1 amide bonds. The lowest BCUT2D eigenvalue weighted by molar-refractivity contribution is 0.0349. The average molecular weight is 349 g/mol. The molecule has 0 spiro atoms. The normalized spacial score (nSPS) is 26.6. The zero-order valence-electron chi connectivity index (χ0n) is 13.3. The van der Waals surface area contributed by atoms with Gasteiger partial charge >= 0.3 is 0 Å². The van der Waals surface area contributed by atoms with Crippen molar-refractivity contribution in [3.8, 4) is 0 Å². The summed E-state index contributed by atoms with van der Waals surface area (Å²) in [5.74, 6) is 0.0479. The SMILES string of the molecule is CCN1CCN(C(=O)c2ccc3n[nH]nc3c2)[C@H]2CS(=O)(=O)C[C@H]21. The molecule has 2 saturated heterocycles. The van der Waals surface area contributed by atoms with E-state index in [2.05, 4.69) is 20.3 Å². The molecule has 8 nitrogen and oxygen atoms in total. The molecule has 2 atom stereocenters. The molecule has 2 aliphatic heterocycles. The Hall–Kier alpha value is -2.00. The molecule has 2 aliphatic rings. The molecule has 0 radical (unpaired) electrons. The van der Waals surface area contributed by atoms with E-state index < -0.39 is 9.84 Å². The molecule has 1 aromatic heterocycles. The minimum atomic E-state index is -3.11. The summed E-state index contributed by atoms with van der Waals surface area (Å²) in [6.45, 7) is 4.06. The first-order chi connectivity index (χ1) is 11.5. The highest BCUT2D eigenvalue weighted by Gasteiger charge is 2.47. The number of benzene rings is 1. The van der Waals surface area contributed by atoms with Gasteiger partial charge in [0.1, 0.15) is 11.0 Å². The van der Waals surface area contributed by atoms with Gasteiger partial charge in [0.2, 0.25) is 0 Å². The molecule has 9 heteroatoms. The van der Waals surface area contributed by atoms with Crippen LogP contribution in [-0.4, -0.2) is 82.8 Å². The number of piperazine rings is 1. The van der Waals surface area contributed by atoms with Crippen LogP contribution in [0.15, 0.2) is 18.2 Å². The molecule has 3 heterocycles. The van der Waals surface area contributed by atoms with E-state index >= 15 is 0 Å². The Bertz CT molecular complexity index is 893. The second kappa shape index (κ2) is 5.52. The summed E-state index contributed by atoms with van der Waals surface area (Å²) in [5, 5.41) is 10.5. The van der Waals surface area contributed by atoms with E-state index in [1.54, 1.807) is 23.1 Å². The van der Waals surface area contributed by atoms with Crippen molar-refractivity contribution in [1.29, 1.82) is 0 Å². The first-order valence-corrected chi connectivity index (χ1v) is 9.86. The number of rotatable bonds is 2. The molecule has 24 heavy (non-hydrogen) atoms. The molecule has 4 rings (SSSR count). The van der Waals surface area contributed by atoms with Crippen LogP contribution in [-0.2, 0) is 9.84 Å². The fraction of sp³-hybridized carbons (Fsp3) is 0.533. The number of hydrogen-bond acceptors (Lipinski definition) is 6. The maximum Gasteiger partial charge on any atom is 0.254 e. The summed E-state index contributed by atoms with van der Waals surface area (Å²) in [5.41, 5.74) is 1.84. The van der Waals surface area contributed by atoms with Crippen LogP contribution < -0.4 is 0 Å². The van der Waals surface area contributed by atoms with E-state index in [0.29, 0.717) is 29.7 Å². The van der Waals surface area contributed by atoms with Crippen LogP contribution in [0.4, 0.5) is 0 Å². The Balaban J connectivity index is 1.66. The molecule has 1 aromatic carbocycles. The number of nitrogens with one attached hydrogen (secondary N) is 1. The predicted octanol–water partition coefficient (Wildman–Crippen LogP) is -0.0988. The molecular weight excluding hydrogens is 330 g/mol.